The van der Waals surface area contributed by atoms with Gasteiger partial charge in [-0.25, -0.2) is 4.98 Å². The van der Waals surface area contributed by atoms with Gasteiger partial charge in [0.1, 0.15) is 11.8 Å². The van der Waals surface area contributed by atoms with Crippen LogP contribution >= 0.6 is 0 Å². The van der Waals surface area contributed by atoms with Crippen molar-refractivity contribution in [1.29, 1.82) is 5.26 Å². The number of hydrogen-bond donors (Lipinski definition) is 0. The van der Waals surface area contributed by atoms with Crippen LogP contribution in [0.5, 0.6) is 0 Å². The third-order valence-electron chi connectivity index (χ3n) is 5.24. The van der Waals surface area contributed by atoms with Gasteiger partial charge in [0.25, 0.3) is 0 Å². The molecule has 0 aromatic carbocycles. The molecule has 1 aromatic heterocycles. The fraction of sp³-hybridized carbons (Fsp3) is 0.588. The van der Waals surface area contributed by atoms with Crippen molar-refractivity contribution < 1.29 is 4.79 Å². The van der Waals surface area contributed by atoms with E-state index in [2.05, 4.69) is 20.9 Å². The monoisotopic (exact) mass is 296 g/mol. The number of hydrogen-bond acceptors (Lipinski definition) is 4. The highest BCUT2D eigenvalue weighted by atomic mass is 16.2. The average molecular weight is 296 g/mol. The number of anilines is 1. The molecule has 3 aliphatic rings. The van der Waals surface area contributed by atoms with Crippen molar-refractivity contribution in [2.24, 2.45) is 5.92 Å². The molecule has 0 bridgehead atoms. The maximum absolute atomic E-state index is 12.2. The van der Waals surface area contributed by atoms with Gasteiger partial charge < -0.3 is 9.80 Å². The summed E-state index contributed by atoms with van der Waals surface area (Å²) >= 11 is 0. The molecule has 22 heavy (non-hydrogen) atoms. The van der Waals surface area contributed by atoms with Crippen LogP contribution in [0.1, 0.15) is 37.8 Å². The highest BCUT2D eigenvalue weighted by molar-refractivity contribution is 5.78. The minimum Gasteiger partial charge on any atom is -0.370 e. The Morgan fingerprint density at radius 3 is 2.77 bits per heavy atom. The third kappa shape index (κ3) is 2.33. The van der Waals surface area contributed by atoms with E-state index in [4.69, 9.17) is 5.26 Å². The first-order valence-corrected chi connectivity index (χ1v) is 8.18. The first kappa shape index (κ1) is 13.6. The molecule has 1 saturated carbocycles. The van der Waals surface area contributed by atoms with Crippen molar-refractivity contribution in [3.8, 4) is 6.07 Å². The van der Waals surface area contributed by atoms with Crippen molar-refractivity contribution in [3.63, 3.8) is 0 Å². The summed E-state index contributed by atoms with van der Waals surface area (Å²) in [5.41, 5.74) is 1.55. The Labute approximate surface area is 130 Å². The lowest BCUT2D eigenvalue weighted by Gasteiger charge is -2.48. The van der Waals surface area contributed by atoms with Gasteiger partial charge in [-0.05, 0) is 43.7 Å². The summed E-state index contributed by atoms with van der Waals surface area (Å²) in [6.07, 6.45) is 6.94. The summed E-state index contributed by atoms with van der Waals surface area (Å²) in [5, 5.41) is 8.84. The number of rotatable bonds is 2. The molecular formula is C17H20N4O. The van der Waals surface area contributed by atoms with E-state index in [0.29, 0.717) is 36.0 Å². The van der Waals surface area contributed by atoms with Crippen molar-refractivity contribution in [3.05, 3.63) is 24.0 Å². The van der Waals surface area contributed by atoms with Gasteiger partial charge in [-0.2, -0.15) is 5.26 Å². The van der Waals surface area contributed by atoms with Crippen LogP contribution < -0.4 is 4.90 Å². The lowest BCUT2D eigenvalue weighted by molar-refractivity contribution is -0.140. The Kier molecular flexibility index (Phi) is 3.25. The van der Waals surface area contributed by atoms with Crippen LogP contribution in [0, 0.1) is 17.2 Å². The molecule has 1 aliphatic carbocycles. The van der Waals surface area contributed by atoms with Crippen LogP contribution in [0.25, 0.3) is 0 Å². The number of pyridine rings is 1. The molecule has 0 N–H and O–H groups in total. The molecule has 5 nitrogen and oxygen atoms in total. The molecule has 4 rings (SSSR count). The number of nitriles is 1. The zero-order chi connectivity index (χ0) is 15.1. The number of carbonyl (C=O) groups excluding carboxylic acids is 1. The molecule has 3 fully saturated rings. The zero-order valence-corrected chi connectivity index (χ0v) is 12.6. The normalized spacial score (nSPS) is 28.2. The number of fused-ring (bicyclic) bond motifs is 1. The van der Waals surface area contributed by atoms with Crippen molar-refractivity contribution in [2.75, 3.05) is 18.0 Å². The Hall–Kier alpha value is -2.09. The van der Waals surface area contributed by atoms with Gasteiger partial charge in [-0.15, -0.1) is 0 Å². The zero-order valence-electron chi connectivity index (χ0n) is 12.6. The van der Waals surface area contributed by atoms with Gasteiger partial charge in [0.2, 0.25) is 5.91 Å². The molecule has 114 valence electrons. The van der Waals surface area contributed by atoms with E-state index in [1.807, 2.05) is 6.07 Å². The van der Waals surface area contributed by atoms with Gasteiger partial charge in [-0.3, -0.25) is 4.79 Å². The second kappa shape index (κ2) is 5.28. The number of likely N-dealkylation sites (tertiary alicyclic amines) is 1. The molecule has 1 amide bonds. The van der Waals surface area contributed by atoms with E-state index < -0.39 is 0 Å². The lowest BCUT2D eigenvalue weighted by atomic mass is 9.83. The summed E-state index contributed by atoms with van der Waals surface area (Å²) in [5.74, 6) is 0.944. The fourth-order valence-corrected chi connectivity index (χ4v) is 3.99. The van der Waals surface area contributed by atoms with Crippen LogP contribution in [0.3, 0.4) is 0 Å². The van der Waals surface area contributed by atoms with E-state index in [-0.39, 0.29) is 0 Å². The molecular weight excluding hydrogens is 276 g/mol. The number of nitrogens with zero attached hydrogens (tertiary/aromatic N) is 4. The van der Waals surface area contributed by atoms with Gasteiger partial charge >= 0.3 is 0 Å². The van der Waals surface area contributed by atoms with Crippen LogP contribution in [0.4, 0.5) is 5.69 Å². The second-order valence-electron chi connectivity index (χ2n) is 6.65. The highest BCUT2D eigenvalue weighted by Gasteiger charge is 2.45. The fourth-order valence-electron chi connectivity index (χ4n) is 3.99. The van der Waals surface area contributed by atoms with Crippen LogP contribution in [0.15, 0.2) is 18.3 Å². The van der Waals surface area contributed by atoms with E-state index in [0.717, 1.165) is 31.6 Å². The number of aromatic nitrogens is 1. The van der Waals surface area contributed by atoms with E-state index in [9.17, 15) is 4.79 Å². The van der Waals surface area contributed by atoms with Crippen LogP contribution in [-0.2, 0) is 4.79 Å². The molecule has 0 radical (unpaired) electrons. The Balaban J connectivity index is 1.49. The Morgan fingerprint density at radius 2 is 2.09 bits per heavy atom. The number of amides is 1. The Bertz CT molecular complexity index is 617. The maximum atomic E-state index is 12.2. The molecule has 2 aliphatic heterocycles. The van der Waals surface area contributed by atoms with Gasteiger partial charge in [-0.1, -0.05) is 0 Å². The minimum atomic E-state index is 0.372. The van der Waals surface area contributed by atoms with Gasteiger partial charge in [0, 0.05) is 31.6 Å². The summed E-state index contributed by atoms with van der Waals surface area (Å²) in [6, 6.07) is 6.80. The first-order valence-electron chi connectivity index (χ1n) is 8.18. The highest BCUT2D eigenvalue weighted by Crippen LogP contribution is 2.39. The summed E-state index contributed by atoms with van der Waals surface area (Å²) in [7, 11) is 0. The molecule has 1 aromatic rings. The lowest BCUT2D eigenvalue weighted by Crippen LogP contribution is -2.56. The molecule has 0 unspecified atom stereocenters. The summed E-state index contributed by atoms with van der Waals surface area (Å²) in [4.78, 5) is 21.0. The Morgan fingerprint density at radius 1 is 1.23 bits per heavy atom. The van der Waals surface area contributed by atoms with Gasteiger partial charge in [0.05, 0.1) is 11.9 Å². The quantitative estimate of drug-likeness (QED) is 0.836. The van der Waals surface area contributed by atoms with Crippen molar-refractivity contribution in [2.45, 2.75) is 44.2 Å². The van der Waals surface area contributed by atoms with E-state index in [1.165, 1.54) is 12.8 Å². The van der Waals surface area contributed by atoms with Crippen LogP contribution in [0.2, 0.25) is 0 Å². The predicted octanol–water partition coefficient (Wildman–Crippen LogP) is 1.93. The number of piperidine rings is 2. The molecule has 2 atom stereocenters. The predicted molar refractivity (Wildman–Crippen MR) is 82.2 cm³/mol. The molecule has 5 heteroatoms. The molecule has 0 spiro atoms. The second-order valence-corrected chi connectivity index (χ2v) is 6.65. The minimum absolute atomic E-state index is 0.372. The third-order valence-corrected chi connectivity index (χ3v) is 5.24. The summed E-state index contributed by atoms with van der Waals surface area (Å²) in [6.45, 7) is 1.96. The average Bonchev–Trinajstić information content (AvgIpc) is 3.39. The van der Waals surface area contributed by atoms with Crippen molar-refractivity contribution >= 4 is 11.6 Å². The van der Waals surface area contributed by atoms with Crippen LogP contribution in [-0.4, -0.2) is 41.0 Å². The maximum Gasteiger partial charge on any atom is 0.223 e. The topological polar surface area (TPSA) is 60.2 Å². The van der Waals surface area contributed by atoms with Gasteiger partial charge in [0.15, 0.2) is 0 Å². The number of carbonyl (C=O) groups is 1. The first-order chi connectivity index (χ1) is 10.8. The standard InChI is InChI=1S/C17H20N4O/c18-9-13-2-3-15(10-19-13)20-8-7-16-12(11-20)1-6-17(22)21(16)14-4-5-14/h2-3,10,12,14,16H,1,4-8,11H2/t12-,16-/m0/s1. The summed E-state index contributed by atoms with van der Waals surface area (Å²) < 4.78 is 0. The molecule has 2 saturated heterocycles. The van der Waals surface area contributed by atoms with Crippen molar-refractivity contribution in [1.82, 2.24) is 9.88 Å². The largest absolute Gasteiger partial charge is 0.370 e. The SMILES string of the molecule is N#Cc1ccc(N2CC[C@H]3[C@@H](CCC(=O)N3C3CC3)C2)cn1. The smallest absolute Gasteiger partial charge is 0.223 e. The van der Waals surface area contributed by atoms with E-state index in [1.54, 1.807) is 12.3 Å². The molecule has 3 heterocycles. The van der Waals surface area contributed by atoms with E-state index >= 15 is 0 Å².